The maximum absolute atomic E-state index is 3.57. The molecule has 1 heterocycles. The highest BCUT2D eigenvalue weighted by Gasteiger charge is 2.14. The fourth-order valence-electron chi connectivity index (χ4n) is 1.90. The van der Waals surface area contributed by atoms with Crippen LogP contribution in [0.5, 0.6) is 0 Å². The number of benzene rings is 1. The second-order valence-electron chi connectivity index (χ2n) is 5.79. The van der Waals surface area contributed by atoms with Gasteiger partial charge >= 0.3 is 0 Å². The van der Waals surface area contributed by atoms with Gasteiger partial charge in [-0.2, -0.15) is 0 Å². The summed E-state index contributed by atoms with van der Waals surface area (Å²) in [6, 6.07) is 12.9. The minimum absolute atomic E-state index is 0.388. The number of hydrogen-bond donors (Lipinski definition) is 1. The number of thiophene rings is 1. The van der Waals surface area contributed by atoms with Gasteiger partial charge in [-0.3, -0.25) is 0 Å². The summed E-state index contributed by atoms with van der Waals surface area (Å²) in [5.41, 5.74) is 3.02. The van der Waals surface area contributed by atoms with Crippen LogP contribution in [0.25, 0.3) is 11.1 Å². The zero-order valence-electron chi connectivity index (χ0n) is 12.1. The van der Waals surface area contributed by atoms with E-state index >= 15 is 0 Å². The lowest BCUT2D eigenvalue weighted by Gasteiger charge is -2.22. The van der Waals surface area contributed by atoms with Crippen LogP contribution in [0.3, 0.4) is 0 Å². The molecule has 19 heavy (non-hydrogen) atoms. The van der Waals surface area contributed by atoms with Crippen LogP contribution in [0.15, 0.2) is 41.8 Å². The van der Waals surface area contributed by atoms with Crippen LogP contribution in [-0.2, 0) is 6.54 Å². The molecule has 0 saturated carbocycles. The van der Waals surface area contributed by atoms with E-state index in [1.165, 1.54) is 22.4 Å². The summed E-state index contributed by atoms with van der Waals surface area (Å²) in [4.78, 5) is 1.41. The smallest absolute Gasteiger partial charge is 0.0300 e. The minimum Gasteiger partial charge on any atom is -0.311 e. The average Bonchev–Trinajstić information content (AvgIpc) is 2.88. The first kappa shape index (κ1) is 14.3. The van der Waals surface area contributed by atoms with Crippen LogP contribution >= 0.6 is 11.3 Å². The normalized spacial score (nSPS) is 11.7. The van der Waals surface area contributed by atoms with Gasteiger partial charge in [-0.15, -0.1) is 11.3 Å². The Morgan fingerprint density at radius 3 is 2.53 bits per heavy atom. The maximum Gasteiger partial charge on any atom is 0.0300 e. The number of hydrogen-bond acceptors (Lipinski definition) is 2. The van der Waals surface area contributed by atoms with Crippen molar-refractivity contribution < 1.29 is 0 Å². The van der Waals surface area contributed by atoms with Gasteiger partial charge in [0.05, 0.1) is 0 Å². The Morgan fingerprint density at radius 2 is 1.84 bits per heavy atom. The Morgan fingerprint density at radius 1 is 1.11 bits per heavy atom. The summed E-state index contributed by atoms with van der Waals surface area (Å²) in [5.74, 6) is 0. The molecule has 0 spiro atoms. The first-order valence-electron chi connectivity index (χ1n) is 6.94. The first-order chi connectivity index (χ1) is 9.11. The lowest BCUT2D eigenvalue weighted by molar-refractivity contribution is 0.328. The maximum atomic E-state index is 3.57. The molecule has 2 rings (SSSR count). The molecule has 0 unspecified atom stereocenters. The van der Waals surface area contributed by atoms with Gasteiger partial charge in [-0.05, 0) is 34.4 Å². The third-order valence-corrected chi connectivity index (χ3v) is 4.56. The van der Waals surface area contributed by atoms with Crippen molar-refractivity contribution >= 4 is 11.3 Å². The van der Waals surface area contributed by atoms with Gasteiger partial charge in [0.15, 0.2) is 0 Å². The van der Waals surface area contributed by atoms with E-state index in [-0.39, 0.29) is 0 Å². The minimum atomic E-state index is 0.388. The Bertz CT molecular complexity index is 499. The Labute approximate surface area is 120 Å². The van der Waals surface area contributed by atoms with Crippen LogP contribution in [0, 0.1) is 5.41 Å². The number of rotatable bonds is 6. The van der Waals surface area contributed by atoms with E-state index in [4.69, 9.17) is 0 Å². The van der Waals surface area contributed by atoms with E-state index in [0.29, 0.717) is 5.41 Å². The van der Waals surface area contributed by atoms with Crippen molar-refractivity contribution in [1.82, 2.24) is 5.32 Å². The molecule has 0 radical (unpaired) electrons. The molecular formula is C17H23NS. The van der Waals surface area contributed by atoms with E-state index in [9.17, 15) is 0 Å². The largest absolute Gasteiger partial charge is 0.311 e. The highest BCUT2D eigenvalue weighted by molar-refractivity contribution is 7.10. The fraction of sp³-hybridized carbons (Fsp3) is 0.412. The molecular weight excluding hydrogens is 250 g/mol. The van der Waals surface area contributed by atoms with Gasteiger partial charge in [0.2, 0.25) is 0 Å². The van der Waals surface area contributed by atoms with E-state index in [1.807, 2.05) is 11.3 Å². The van der Waals surface area contributed by atoms with Crippen molar-refractivity contribution in [1.29, 1.82) is 0 Å². The van der Waals surface area contributed by atoms with Crippen LogP contribution < -0.4 is 5.32 Å². The summed E-state index contributed by atoms with van der Waals surface area (Å²) in [7, 11) is 0. The van der Waals surface area contributed by atoms with Gasteiger partial charge < -0.3 is 5.32 Å². The van der Waals surface area contributed by atoms with E-state index in [1.54, 1.807) is 0 Å². The molecule has 0 saturated heterocycles. The van der Waals surface area contributed by atoms with Crippen molar-refractivity contribution in [3.63, 3.8) is 0 Å². The second kappa shape index (κ2) is 6.36. The molecule has 0 amide bonds. The molecule has 0 fully saturated rings. The van der Waals surface area contributed by atoms with Crippen LogP contribution in [0.4, 0.5) is 0 Å². The third kappa shape index (κ3) is 4.19. The Balaban J connectivity index is 1.92. The van der Waals surface area contributed by atoms with Crippen molar-refractivity contribution in [3.05, 3.63) is 46.7 Å². The van der Waals surface area contributed by atoms with Gasteiger partial charge in [0.1, 0.15) is 0 Å². The van der Waals surface area contributed by atoms with Gasteiger partial charge in [-0.25, -0.2) is 0 Å². The van der Waals surface area contributed by atoms with E-state index in [0.717, 1.165) is 13.1 Å². The van der Waals surface area contributed by atoms with Gasteiger partial charge in [-0.1, -0.05) is 51.1 Å². The third-order valence-electron chi connectivity index (χ3n) is 3.62. The molecule has 1 aromatic carbocycles. The SMILES string of the molecule is CCC(C)(C)CNCc1cc(-c2ccccc2)cs1. The summed E-state index contributed by atoms with van der Waals surface area (Å²) < 4.78 is 0. The molecule has 0 atom stereocenters. The molecule has 1 nitrogen and oxygen atoms in total. The standard InChI is InChI=1S/C17H23NS/c1-4-17(2,3)13-18-11-16-10-15(12-19-16)14-8-6-5-7-9-14/h5-10,12,18H,4,11,13H2,1-3H3. The zero-order valence-corrected chi connectivity index (χ0v) is 12.9. The molecule has 102 valence electrons. The Hall–Kier alpha value is -1.12. The second-order valence-corrected chi connectivity index (χ2v) is 6.78. The summed E-state index contributed by atoms with van der Waals surface area (Å²) in [6.07, 6.45) is 1.21. The van der Waals surface area contributed by atoms with Crippen LogP contribution in [-0.4, -0.2) is 6.54 Å². The van der Waals surface area contributed by atoms with Crippen molar-refractivity contribution in [3.8, 4) is 11.1 Å². The topological polar surface area (TPSA) is 12.0 Å². The monoisotopic (exact) mass is 273 g/mol. The predicted molar refractivity (Wildman–Crippen MR) is 85.5 cm³/mol. The van der Waals surface area contributed by atoms with E-state index < -0.39 is 0 Å². The van der Waals surface area contributed by atoms with Crippen molar-refractivity contribution in [2.75, 3.05) is 6.54 Å². The average molecular weight is 273 g/mol. The number of nitrogens with one attached hydrogen (secondary N) is 1. The lowest BCUT2D eigenvalue weighted by Crippen LogP contribution is -2.28. The Kier molecular flexibility index (Phi) is 4.78. The predicted octanol–water partition coefficient (Wildman–Crippen LogP) is 4.94. The fourth-order valence-corrected chi connectivity index (χ4v) is 2.77. The molecule has 0 bridgehead atoms. The van der Waals surface area contributed by atoms with Gasteiger partial charge in [0, 0.05) is 18.0 Å². The first-order valence-corrected chi connectivity index (χ1v) is 7.82. The van der Waals surface area contributed by atoms with Crippen LogP contribution in [0.1, 0.15) is 32.1 Å². The molecule has 2 aromatic rings. The lowest BCUT2D eigenvalue weighted by atomic mass is 9.90. The zero-order chi connectivity index (χ0) is 13.7. The molecule has 1 aromatic heterocycles. The van der Waals surface area contributed by atoms with Crippen LogP contribution in [0.2, 0.25) is 0 Å². The quantitative estimate of drug-likeness (QED) is 0.786. The van der Waals surface area contributed by atoms with Gasteiger partial charge in [0.25, 0.3) is 0 Å². The van der Waals surface area contributed by atoms with E-state index in [2.05, 4.69) is 67.9 Å². The summed E-state index contributed by atoms with van der Waals surface area (Å²) in [6.45, 7) is 8.91. The van der Waals surface area contributed by atoms with Crippen molar-refractivity contribution in [2.45, 2.75) is 33.7 Å². The summed E-state index contributed by atoms with van der Waals surface area (Å²) >= 11 is 1.84. The summed E-state index contributed by atoms with van der Waals surface area (Å²) in [5, 5.41) is 5.82. The van der Waals surface area contributed by atoms with Crippen molar-refractivity contribution in [2.24, 2.45) is 5.41 Å². The highest BCUT2D eigenvalue weighted by atomic mass is 32.1. The molecule has 2 heteroatoms. The molecule has 1 N–H and O–H groups in total. The molecule has 0 aliphatic heterocycles. The molecule has 0 aliphatic carbocycles. The highest BCUT2D eigenvalue weighted by Crippen LogP contribution is 2.25. The molecule has 0 aliphatic rings.